The smallest absolute Gasteiger partial charge is 0.416 e. The first kappa shape index (κ1) is 15.2. The maximum Gasteiger partial charge on any atom is 0.416 e. The third kappa shape index (κ3) is 3.56. The number of fused-ring (bicyclic) bond motifs is 1. The molecule has 5 heteroatoms. The number of aromatic hydroxyl groups is 1. The van der Waals surface area contributed by atoms with Gasteiger partial charge in [-0.25, -0.2) is 0 Å². The van der Waals surface area contributed by atoms with Gasteiger partial charge in [0.2, 0.25) is 0 Å². The monoisotopic (exact) mass is 318 g/mol. The first-order valence-electron chi connectivity index (χ1n) is 6.96. The quantitative estimate of drug-likeness (QED) is 0.849. The molecule has 0 amide bonds. The molecule has 1 heterocycles. The molecule has 0 spiro atoms. The second kappa shape index (κ2) is 5.83. The van der Waals surface area contributed by atoms with Crippen molar-refractivity contribution in [1.82, 2.24) is 0 Å². The summed E-state index contributed by atoms with van der Waals surface area (Å²) in [5, 5.41) is 9.39. The Balaban J connectivity index is 1.73. The topological polar surface area (TPSA) is 29.5 Å². The SMILES string of the molecule is Oc1ccc2c(c1)O/C(=C/C=C/c1cccc(C(F)(F)F)c1)C2. The van der Waals surface area contributed by atoms with Crippen molar-refractivity contribution in [3.63, 3.8) is 0 Å². The average molecular weight is 318 g/mol. The van der Waals surface area contributed by atoms with Crippen LogP contribution in [-0.4, -0.2) is 5.11 Å². The van der Waals surface area contributed by atoms with Gasteiger partial charge in [-0.2, -0.15) is 13.2 Å². The van der Waals surface area contributed by atoms with Crippen molar-refractivity contribution in [1.29, 1.82) is 0 Å². The van der Waals surface area contributed by atoms with Crippen LogP contribution < -0.4 is 4.74 Å². The minimum atomic E-state index is -4.35. The molecule has 0 radical (unpaired) electrons. The molecule has 2 aromatic rings. The van der Waals surface area contributed by atoms with E-state index in [-0.39, 0.29) is 5.75 Å². The van der Waals surface area contributed by atoms with Crippen LogP contribution in [0.4, 0.5) is 13.2 Å². The van der Waals surface area contributed by atoms with E-state index < -0.39 is 11.7 Å². The van der Waals surface area contributed by atoms with Crippen molar-refractivity contribution in [2.45, 2.75) is 12.6 Å². The lowest BCUT2D eigenvalue weighted by atomic mass is 10.1. The molecular formula is C18H13F3O2. The Labute approximate surface area is 131 Å². The van der Waals surface area contributed by atoms with E-state index in [9.17, 15) is 18.3 Å². The van der Waals surface area contributed by atoms with Crippen LogP contribution in [0.3, 0.4) is 0 Å². The minimum Gasteiger partial charge on any atom is -0.508 e. The van der Waals surface area contributed by atoms with Gasteiger partial charge >= 0.3 is 6.18 Å². The van der Waals surface area contributed by atoms with Gasteiger partial charge in [-0.15, -0.1) is 0 Å². The zero-order valence-corrected chi connectivity index (χ0v) is 12.0. The van der Waals surface area contributed by atoms with Crippen LogP contribution in [0.25, 0.3) is 6.08 Å². The lowest BCUT2D eigenvalue weighted by molar-refractivity contribution is -0.137. The fourth-order valence-electron chi connectivity index (χ4n) is 2.33. The van der Waals surface area contributed by atoms with E-state index in [0.29, 0.717) is 23.5 Å². The number of alkyl halides is 3. The third-order valence-corrected chi connectivity index (χ3v) is 3.44. The van der Waals surface area contributed by atoms with Crippen molar-refractivity contribution >= 4 is 6.08 Å². The van der Waals surface area contributed by atoms with Crippen molar-refractivity contribution in [3.05, 3.63) is 77.1 Å². The van der Waals surface area contributed by atoms with Crippen LogP contribution in [0.5, 0.6) is 11.5 Å². The molecule has 2 aromatic carbocycles. The van der Waals surface area contributed by atoms with Gasteiger partial charge in [-0.1, -0.05) is 30.4 Å². The summed E-state index contributed by atoms with van der Waals surface area (Å²) in [6.07, 6.45) is 1.18. The summed E-state index contributed by atoms with van der Waals surface area (Å²) in [5.41, 5.74) is 0.749. The van der Waals surface area contributed by atoms with E-state index in [1.165, 1.54) is 12.1 Å². The standard InChI is InChI=1S/C18H13F3O2/c19-18(20,21)14-5-1-3-12(9-14)4-2-6-16-10-13-7-8-15(22)11-17(13)23-16/h1-9,11,22H,10H2/b4-2+,16-6+. The summed E-state index contributed by atoms with van der Waals surface area (Å²) >= 11 is 0. The van der Waals surface area contributed by atoms with Gasteiger partial charge in [0, 0.05) is 18.1 Å². The average Bonchev–Trinajstić information content (AvgIpc) is 2.88. The van der Waals surface area contributed by atoms with Crippen LogP contribution in [0.2, 0.25) is 0 Å². The summed E-state index contributed by atoms with van der Waals surface area (Å²) in [6.45, 7) is 0. The van der Waals surface area contributed by atoms with E-state index >= 15 is 0 Å². The molecule has 0 atom stereocenters. The highest BCUT2D eigenvalue weighted by molar-refractivity contribution is 5.53. The van der Waals surface area contributed by atoms with E-state index in [1.54, 1.807) is 36.4 Å². The number of hydrogen-bond acceptors (Lipinski definition) is 2. The number of allylic oxidation sites excluding steroid dienone is 3. The summed E-state index contributed by atoms with van der Waals surface area (Å²) in [7, 11) is 0. The number of hydrogen-bond donors (Lipinski definition) is 1. The van der Waals surface area contributed by atoms with Gasteiger partial charge < -0.3 is 9.84 Å². The van der Waals surface area contributed by atoms with Gasteiger partial charge in [0.1, 0.15) is 17.3 Å². The second-order valence-corrected chi connectivity index (χ2v) is 5.19. The lowest BCUT2D eigenvalue weighted by Crippen LogP contribution is -2.04. The van der Waals surface area contributed by atoms with Crippen LogP contribution in [0.1, 0.15) is 16.7 Å². The number of rotatable bonds is 2. The second-order valence-electron chi connectivity index (χ2n) is 5.19. The van der Waals surface area contributed by atoms with Gasteiger partial charge in [0.05, 0.1) is 5.56 Å². The predicted octanol–water partition coefficient (Wildman–Crippen LogP) is 4.94. The molecule has 0 aromatic heterocycles. The normalized spacial score (nSPS) is 15.9. The highest BCUT2D eigenvalue weighted by atomic mass is 19.4. The van der Waals surface area contributed by atoms with Gasteiger partial charge in [-0.05, 0) is 29.8 Å². The number of phenolic OH excluding ortho intramolecular Hbond substituents is 1. The number of benzene rings is 2. The Morgan fingerprint density at radius 2 is 1.91 bits per heavy atom. The van der Waals surface area contributed by atoms with E-state index in [2.05, 4.69) is 0 Å². The third-order valence-electron chi connectivity index (χ3n) is 3.44. The molecule has 3 rings (SSSR count). The Bertz CT molecular complexity index is 789. The lowest BCUT2D eigenvalue weighted by Gasteiger charge is -2.06. The van der Waals surface area contributed by atoms with E-state index in [0.717, 1.165) is 17.7 Å². The predicted molar refractivity (Wildman–Crippen MR) is 81.0 cm³/mol. The fourth-order valence-corrected chi connectivity index (χ4v) is 2.33. The van der Waals surface area contributed by atoms with E-state index in [1.807, 2.05) is 0 Å². The maximum absolute atomic E-state index is 12.6. The van der Waals surface area contributed by atoms with Crippen molar-refractivity contribution in [2.75, 3.05) is 0 Å². The number of ether oxygens (including phenoxy) is 1. The molecule has 23 heavy (non-hydrogen) atoms. The Morgan fingerprint density at radius 3 is 2.70 bits per heavy atom. The summed E-state index contributed by atoms with van der Waals surface area (Å²) in [4.78, 5) is 0. The van der Waals surface area contributed by atoms with Gasteiger partial charge in [-0.3, -0.25) is 0 Å². The van der Waals surface area contributed by atoms with Crippen LogP contribution in [-0.2, 0) is 12.6 Å². The molecular weight excluding hydrogens is 305 g/mol. The summed E-state index contributed by atoms with van der Waals surface area (Å²) in [6, 6.07) is 10.0. The molecule has 118 valence electrons. The first-order chi connectivity index (χ1) is 10.9. The number of phenols is 1. The van der Waals surface area contributed by atoms with Gasteiger partial charge in [0.15, 0.2) is 0 Å². The first-order valence-corrected chi connectivity index (χ1v) is 6.96. The fraction of sp³-hybridized carbons (Fsp3) is 0.111. The zero-order chi connectivity index (χ0) is 16.4. The van der Waals surface area contributed by atoms with E-state index in [4.69, 9.17) is 4.74 Å². The molecule has 1 N–H and O–H groups in total. The maximum atomic E-state index is 12.6. The van der Waals surface area contributed by atoms with Crippen molar-refractivity contribution in [3.8, 4) is 11.5 Å². The Hall–Kier alpha value is -2.69. The molecule has 2 nitrogen and oxygen atoms in total. The van der Waals surface area contributed by atoms with Crippen LogP contribution in [0, 0.1) is 0 Å². The molecule has 0 aliphatic carbocycles. The summed E-state index contributed by atoms with van der Waals surface area (Å²) < 4.78 is 43.5. The minimum absolute atomic E-state index is 0.129. The largest absolute Gasteiger partial charge is 0.508 e. The van der Waals surface area contributed by atoms with Crippen LogP contribution in [0.15, 0.2) is 60.4 Å². The molecule has 0 saturated heterocycles. The molecule has 0 saturated carbocycles. The molecule has 1 aliphatic rings. The molecule has 0 bridgehead atoms. The molecule has 0 unspecified atom stereocenters. The Morgan fingerprint density at radius 1 is 1.09 bits per heavy atom. The molecule has 0 fully saturated rings. The highest BCUT2D eigenvalue weighted by Crippen LogP contribution is 2.33. The van der Waals surface area contributed by atoms with Gasteiger partial charge in [0.25, 0.3) is 0 Å². The van der Waals surface area contributed by atoms with Crippen LogP contribution >= 0.6 is 0 Å². The van der Waals surface area contributed by atoms with Crippen molar-refractivity contribution in [2.24, 2.45) is 0 Å². The van der Waals surface area contributed by atoms with Crippen molar-refractivity contribution < 1.29 is 23.0 Å². The molecule has 1 aliphatic heterocycles. The highest BCUT2D eigenvalue weighted by Gasteiger charge is 2.30. The summed E-state index contributed by atoms with van der Waals surface area (Å²) in [5.74, 6) is 1.40. The Kier molecular flexibility index (Phi) is 3.86. The number of halogens is 3. The zero-order valence-electron chi connectivity index (χ0n) is 12.0.